The molecule has 0 saturated heterocycles. The number of carboxylic acids is 1. The van der Waals surface area contributed by atoms with Crippen LogP contribution in [-0.4, -0.2) is 43.9 Å². The van der Waals surface area contributed by atoms with Gasteiger partial charge in [-0.3, -0.25) is 14.9 Å². The van der Waals surface area contributed by atoms with E-state index in [1.165, 1.54) is 11.3 Å². The van der Waals surface area contributed by atoms with E-state index in [0.717, 1.165) is 11.8 Å². The topological polar surface area (TPSA) is 92.2 Å². The normalized spacial score (nSPS) is 10.6. The van der Waals surface area contributed by atoms with Gasteiger partial charge < -0.3 is 5.11 Å². The van der Waals surface area contributed by atoms with E-state index in [1.54, 1.807) is 11.8 Å². The first-order valence-electron chi connectivity index (χ1n) is 5.07. The molecule has 6 nitrogen and oxygen atoms in total. The van der Waals surface area contributed by atoms with Gasteiger partial charge in [0.1, 0.15) is 0 Å². The molecule has 0 aliphatic rings. The minimum absolute atomic E-state index is 0.0637. The van der Waals surface area contributed by atoms with E-state index in [-0.39, 0.29) is 11.7 Å². The summed E-state index contributed by atoms with van der Waals surface area (Å²) in [6.45, 7) is 4.03. The molecule has 0 aliphatic carbocycles. The van der Waals surface area contributed by atoms with E-state index in [1.807, 2.05) is 13.8 Å². The molecule has 1 heterocycles. The highest BCUT2D eigenvalue weighted by molar-refractivity contribution is 8.01. The van der Waals surface area contributed by atoms with E-state index in [4.69, 9.17) is 5.11 Å². The lowest BCUT2D eigenvalue weighted by molar-refractivity contribution is -0.133. The van der Waals surface area contributed by atoms with Gasteiger partial charge in [-0.05, 0) is 5.25 Å². The summed E-state index contributed by atoms with van der Waals surface area (Å²) >= 11 is 3.80. The van der Waals surface area contributed by atoms with Crippen LogP contribution in [0.5, 0.6) is 0 Å². The summed E-state index contributed by atoms with van der Waals surface area (Å²) in [5, 5.41) is 19.5. The van der Waals surface area contributed by atoms with E-state index >= 15 is 0 Å². The number of carbonyl (C=O) groups is 2. The van der Waals surface area contributed by atoms with Crippen LogP contribution in [0.3, 0.4) is 0 Å². The summed E-state index contributed by atoms with van der Waals surface area (Å²) in [5.74, 6) is -0.727. The molecule has 18 heavy (non-hydrogen) atoms. The largest absolute Gasteiger partial charge is 0.481 e. The summed E-state index contributed by atoms with van der Waals surface area (Å²) in [6.07, 6.45) is 0. The fourth-order valence-corrected chi connectivity index (χ4v) is 2.89. The van der Waals surface area contributed by atoms with Crippen molar-refractivity contribution in [3.63, 3.8) is 0 Å². The van der Waals surface area contributed by atoms with Crippen LogP contribution in [0.15, 0.2) is 4.34 Å². The van der Waals surface area contributed by atoms with Crippen molar-refractivity contribution in [1.29, 1.82) is 0 Å². The predicted molar refractivity (Wildman–Crippen MR) is 74.5 cm³/mol. The number of aliphatic carboxylic acids is 1. The van der Waals surface area contributed by atoms with E-state index in [0.29, 0.717) is 20.5 Å². The summed E-state index contributed by atoms with van der Waals surface area (Å²) in [7, 11) is 0. The first-order valence-corrected chi connectivity index (χ1v) is 7.92. The van der Waals surface area contributed by atoms with E-state index in [2.05, 4.69) is 15.5 Å². The monoisotopic (exact) mass is 307 g/mol. The number of carboxylic acid groups (broad SMARTS) is 1. The van der Waals surface area contributed by atoms with Gasteiger partial charge in [-0.2, -0.15) is 0 Å². The van der Waals surface area contributed by atoms with Crippen molar-refractivity contribution < 1.29 is 14.7 Å². The maximum atomic E-state index is 11.5. The molecule has 0 aromatic carbocycles. The van der Waals surface area contributed by atoms with Gasteiger partial charge in [-0.25, -0.2) is 0 Å². The lowest BCUT2D eigenvalue weighted by Gasteiger charge is -2.03. The number of nitrogens with zero attached hydrogens (tertiary/aromatic N) is 2. The zero-order chi connectivity index (χ0) is 13.5. The molecule has 9 heteroatoms. The zero-order valence-corrected chi connectivity index (χ0v) is 12.3. The number of thioether (sulfide) groups is 2. The Bertz CT molecular complexity index is 422. The Balaban J connectivity index is 2.38. The standard InChI is InChI=1S/C9H13N3O3S3/c1-5(2)16-3-6(13)10-8-11-12-9(18-8)17-4-7(14)15/h5H,3-4H2,1-2H3,(H,14,15)(H,10,11,13). The van der Waals surface area contributed by atoms with Crippen LogP contribution >= 0.6 is 34.9 Å². The average molecular weight is 307 g/mol. The Morgan fingerprint density at radius 2 is 2.11 bits per heavy atom. The summed E-state index contributed by atoms with van der Waals surface area (Å²) in [5.41, 5.74) is 0. The third-order valence-electron chi connectivity index (χ3n) is 1.52. The Kier molecular flexibility index (Phi) is 6.44. The predicted octanol–water partition coefficient (Wildman–Crippen LogP) is 1.79. The Labute approximate surface area is 117 Å². The number of hydrogen-bond donors (Lipinski definition) is 2. The molecular weight excluding hydrogens is 294 g/mol. The van der Waals surface area contributed by atoms with Crippen LogP contribution in [0.25, 0.3) is 0 Å². The molecule has 0 saturated carbocycles. The molecular formula is C9H13N3O3S3. The van der Waals surface area contributed by atoms with Gasteiger partial charge in [0.2, 0.25) is 11.0 Å². The second-order valence-corrected chi connectivity index (χ2v) is 7.23. The molecule has 0 fully saturated rings. The molecule has 2 N–H and O–H groups in total. The highest BCUT2D eigenvalue weighted by Crippen LogP contribution is 2.25. The molecule has 1 rings (SSSR count). The van der Waals surface area contributed by atoms with Gasteiger partial charge in [0.05, 0.1) is 11.5 Å². The number of rotatable bonds is 7. The van der Waals surface area contributed by atoms with Gasteiger partial charge in [-0.1, -0.05) is 36.9 Å². The lowest BCUT2D eigenvalue weighted by atomic mass is 10.6. The smallest absolute Gasteiger partial charge is 0.313 e. The van der Waals surface area contributed by atoms with Gasteiger partial charge >= 0.3 is 5.97 Å². The van der Waals surface area contributed by atoms with Gasteiger partial charge in [0.25, 0.3) is 0 Å². The third kappa shape index (κ3) is 6.22. The average Bonchev–Trinajstić information content (AvgIpc) is 2.71. The third-order valence-corrected chi connectivity index (χ3v) is 4.57. The van der Waals surface area contributed by atoms with E-state index < -0.39 is 5.97 Å². The van der Waals surface area contributed by atoms with Gasteiger partial charge in [-0.15, -0.1) is 22.0 Å². The number of amides is 1. The molecule has 0 aliphatic heterocycles. The number of aromatic nitrogens is 2. The van der Waals surface area contributed by atoms with Gasteiger partial charge in [0, 0.05) is 0 Å². The summed E-state index contributed by atoms with van der Waals surface area (Å²) in [4.78, 5) is 21.9. The molecule has 0 spiro atoms. The quantitative estimate of drug-likeness (QED) is 0.586. The van der Waals surface area contributed by atoms with Crippen LogP contribution in [-0.2, 0) is 9.59 Å². The molecule has 1 aromatic rings. The SMILES string of the molecule is CC(C)SCC(=O)Nc1nnc(SCC(=O)O)s1. The van der Waals surface area contributed by atoms with Crippen LogP contribution < -0.4 is 5.32 Å². The van der Waals surface area contributed by atoms with Crippen LogP contribution in [0, 0.1) is 0 Å². The van der Waals surface area contributed by atoms with Crippen molar-refractivity contribution in [2.45, 2.75) is 23.4 Å². The van der Waals surface area contributed by atoms with Crippen molar-refractivity contribution in [1.82, 2.24) is 10.2 Å². The first kappa shape index (κ1) is 15.3. The Morgan fingerprint density at radius 1 is 1.39 bits per heavy atom. The maximum absolute atomic E-state index is 11.5. The molecule has 100 valence electrons. The number of carbonyl (C=O) groups excluding carboxylic acids is 1. The highest BCUT2D eigenvalue weighted by atomic mass is 32.2. The lowest BCUT2D eigenvalue weighted by Crippen LogP contribution is -2.15. The molecule has 0 radical (unpaired) electrons. The number of nitrogens with one attached hydrogen (secondary N) is 1. The minimum Gasteiger partial charge on any atom is -0.481 e. The fraction of sp³-hybridized carbons (Fsp3) is 0.556. The van der Waals surface area contributed by atoms with Crippen molar-refractivity contribution in [3.8, 4) is 0 Å². The molecule has 1 amide bonds. The van der Waals surface area contributed by atoms with Crippen molar-refractivity contribution in [2.24, 2.45) is 0 Å². The van der Waals surface area contributed by atoms with Gasteiger partial charge in [0.15, 0.2) is 4.34 Å². The van der Waals surface area contributed by atoms with Crippen molar-refractivity contribution in [3.05, 3.63) is 0 Å². The number of hydrogen-bond acceptors (Lipinski definition) is 7. The highest BCUT2D eigenvalue weighted by Gasteiger charge is 2.10. The van der Waals surface area contributed by atoms with Crippen molar-refractivity contribution >= 4 is 51.9 Å². The first-order chi connectivity index (χ1) is 8.47. The number of anilines is 1. The summed E-state index contributed by atoms with van der Waals surface area (Å²) < 4.78 is 0.532. The van der Waals surface area contributed by atoms with Crippen LogP contribution in [0.4, 0.5) is 5.13 Å². The second-order valence-electron chi connectivity index (χ2n) is 3.46. The van der Waals surface area contributed by atoms with Crippen molar-refractivity contribution in [2.75, 3.05) is 16.8 Å². The molecule has 0 bridgehead atoms. The fourth-order valence-electron chi connectivity index (χ4n) is 0.840. The Morgan fingerprint density at radius 3 is 2.72 bits per heavy atom. The Hall–Kier alpha value is -0.800. The molecule has 0 atom stereocenters. The molecule has 1 aromatic heterocycles. The minimum atomic E-state index is -0.908. The zero-order valence-electron chi connectivity index (χ0n) is 9.87. The van der Waals surface area contributed by atoms with Crippen LogP contribution in [0.2, 0.25) is 0 Å². The summed E-state index contributed by atoms with van der Waals surface area (Å²) in [6, 6.07) is 0. The maximum Gasteiger partial charge on any atom is 0.313 e. The van der Waals surface area contributed by atoms with Crippen LogP contribution in [0.1, 0.15) is 13.8 Å². The molecule has 0 unspecified atom stereocenters. The van der Waals surface area contributed by atoms with E-state index in [9.17, 15) is 9.59 Å². The second kappa shape index (κ2) is 7.59.